The lowest BCUT2D eigenvalue weighted by Crippen LogP contribution is -2.23. The van der Waals surface area contributed by atoms with Crippen molar-refractivity contribution in [2.24, 2.45) is 17.8 Å². The van der Waals surface area contributed by atoms with Gasteiger partial charge in [0.2, 0.25) is 0 Å². The minimum Gasteiger partial charge on any atom is -0.0654 e. The molecule has 1 rings (SSSR count). The molecule has 15 heavy (non-hydrogen) atoms. The lowest BCUT2D eigenvalue weighted by atomic mass is 9.72. The highest BCUT2D eigenvalue weighted by atomic mass is 14.3. The molecule has 0 saturated heterocycles. The fourth-order valence-electron chi connectivity index (χ4n) is 3.46. The van der Waals surface area contributed by atoms with Crippen LogP contribution in [0.25, 0.3) is 0 Å². The molecule has 90 valence electrons. The first-order chi connectivity index (χ1) is 7.29. The van der Waals surface area contributed by atoms with Gasteiger partial charge in [0.25, 0.3) is 0 Å². The molecule has 0 bridgehead atoms. The van der Waals surface area contributed by atoms with Crippen molar-refractivity contribution in [3.05, 3.63) is 0 Å². The van der Waals surface area contributed by atoms with E-state index in [1.54, 1.807) is 0 Å². The Kier molecular flexibility index (Phi) is 6.36. The molecule has 0 heteroatoms. The third kappa shape index (κ3) is 4.17. The molecule has 0 aromatic heterocycles. The zero-order valence-electron chi connectivity index (χ0n) is 11.1. The van der Waals surface area contributed by atoms with Crippen molar-refractivity contribution in [3.8, 4) is 0 Å². The standard InChI is InChI=1S/C15H30/c1-4-9-14(10-5-2)13(3)15-11-7-6-8-12-15/h13-15H,4-12H2,1-3H3. The van der Waals surface area contributed by atoms with E-state index in [9.17, 15) is 0 Å². The summed E-state index contributed by atoms with van der Waals surface area (Å²) in [5.41, 5.74) is 0. The minimum atomic E-state index is 0.991. The predicted molar refractivity (Wildman–Crippen MR) is 69.0 cm³/mol. The van der Waals surface area contributed by atoms with Crippen LogP contribution in [0.2, 0.25) is 0 Å². The second-order valence-electron chi connectivity index (χ2n) is 5.59. The van der Waals surface area contributed by atoms with Crippen LogP contribution in [0, 0.1) is 17.8 Å². The molecule has 1 unspecified atom stereocenters. The van der Waals surface area contributed by atoms with Gasteiger partial charge >= 0.3 is 0 Å². The van der Waals surface area contributed by atoms with Gasteiger partial charge in [-0.25, -0.2) is 0 Å². The Hall–Kier alpha value is 0. The van der Waals surface area contributed by atoms with Crippen LogP contribution in [0.4, 0.5) is 0 Å². The Balaban J connectivity index is 2.41. The van der Waals surface area contributed by atoms with Crippen LogP contribution in [0.3, 0.4) is 0 Å². The molecule has 1 saturated carbocycles. The lowest BCUT2D eigenvalue weighted by Gasteiger charge is -2.33. The number of hydrogen-bond donors (Lipinski definition) is 0. The monoisotopic (exact) mass is 210 g/mol. The van der Waals surface area contributed by atoms with E-state index < -0.39 is 0 Å². The van der Waals surface area contributed by atoms with Gasteiger partial charge in [0.15, 0.2) is 0 Å². The quantitative estimate of drug-likeness (QED) is 0.549. The normalized spacial score (nSPS) is 20.8. The van der Waals surface area contributed by atoms with Crippen LogP contribution < -0.4 is 0 Å². The summed E-state index contributed by atoms with van der Waals surface area (Å²) in [4.78, 5) is 0. The second-order valence-corrected chi connectivity index (χ2v) is 5.59. The van der Waals surface area contributed by atoms with Crippen LogP contribution in [0.1, 0.15) is 78.6 Å². The van der Waals surface area contributed by atoms with Crippen molar-refractivity contribution in [1.82, 2.24) is 0 Å². The van der Waals surface area contributed by atoms with Gasteiger partial charge in [-0.2, -0.15) is 0 Å². The van der Waals surface area contributed by atoms with Gasteiger partial charge in [-0.05, 0) is 17.8 Å². The average Bonchev–Trinajstić information content (AvgIpc) is 2.29. The molecule has 0 aromatic rings. The summed E-state index contributed by atoms with van der Waals surface area (Å²) in [5.74, 6) is 3.06. The molecule has 1 atom stereocenters. The van der Waals surface area contributed by atoms with E-state index in [0.717, 1.165) is 17.8 Å². The van der Waals surface area contributed by atoms with Crippen molar-refractivity contribution in [3.63, 3.8) is 0 Å². The smallest absolute Gasteiger partial charge is 0.0386 e. The third-order valence-electron chi connectivity index (χ3n) is 4.46. The van der Waals surface area contributed by atoms with Gasteiger partial charge < -0.3 is 0 Å². The molecular weight excluding hydrogens is 180 g/mol. The Morgan fingerprint density at radius 1 is 0.933 bits per heavy atom. The summed E-state index contributed by atoms with van der Waals surface area (Å²) in [7, 11) is 0. The first-order valence-electron chi connectivity index (χ1n) is 7.29. The molecule has 1 fully saturated rings. The van der Waals surface area contributed by atoms with Crippen LogP contribution in [-0.4, -0.2) is 0 Å². The maximum absolute atomic E-state index is 2.53. The van der Waals surface area contributed by atoms with E-state index in [2.05, 4.69) is 20.8 Å². The molecule has 0 spiro atoms. The number of rotatable bonds is 6. The average molecular weight is 210 g/mol. The first kappa shape index (κ1) is 13.1. The van der Waals surface area contributed by atoms with Crippen LogP contribution in [-0.2, 0) is 0 Å². The van der Waals surface area contributed by atoms with Crippen molar-refractivity contribution in [2.75, 3.05) is 0 Å². The maximum atomic E-state index is 2.53. The van der Waals surface area contributed by atoms with E-state index >= 15 is 0 Å². The zero-order chi connectivity index (χ0) is 11.1. The zero-order valence-corrected chi connectivity index (χ0v) is 11.1. The highest BCUT2D eigenvalue weighted by Gasteiger charge is 2.25. The largest absolute Gasteiger partial charge is 0.0654 e. The summed E-state index contributed by atoms with van der Waals surface area (Å²) in [6.45, 7) is 7.22. The predicted octanol–water partition coefficient (Wildman–Crippen LogP) is 5.42. The van der Waals surface area contributed by atoms with Gasteiger partial charge in [0, 0.05) is 0 Å². The molecule has 0 heterocycles. The van der Waals surface area contributed by atoms with Gasteiger partial charge in [-0.1, -0.05) is 78.6 Å². The molecule has 0 aliphatic heterocycles. The summed E-state index contributed by atoms with van der Waals surface area (Å²) in [5, 5.41) is 0. The minimum absolute atomic E-state index is 0.991. The van der Waals surface area contributed by atoms with Crippen LogP contribution in [0.5, 0.6) is 0 Å². The SMILES string of the molecule is CCCC(CCC)C(C)C1CCCCC1. The van der Waals surface area contributed by atoms with E-state index in [-0.39, 0.29) is 0 Å². The van der Waals surface area contributed by atoms with Gasteiger partial charge in [-0.3, -0.25) is 0 Å². The molecule has 0 amide bonds. The van der Waals surface area contributed by atoms with E-state index in [0.29, 0.717) is 0 Å². The molecule has 1 aliphatic rings. The summed E-state index contributed by atoms with van der Waals surface area (Å²) >= 11 is 0. The lowest BCUT2D eigenvalue weighted by molar-refractivity contribution is 0.176. The molecule has 0 radical (unpaired) electrons. The van der Waals surface area contributed by atoms with E-state index in [1.807, 2.05) is 0 Å². The topological polar surface area (TPSA) is 0 Å². The van der Waals surface area contributed by atoms with Crippen LogP contribution >= 0.6 is 0 Å². The molecule has 0 N–H and O–H groups in total. The summed E-state index contributed by atoms with van der Waals surface area (Å²) < 4.78 is 0. The summed E-state index contributed by atoms with van der Waals surface area (Å²) in [6.07, 6.45) is 13.2. The van der Waals surface area contributed by atoms with E-state index in [1.165, 1.54) is 57.8 Å². The van der Waals surface area contributed by atoms with E-state index in [4.69, 9.17) is 0 Å². The van der Waals surface area contributed by atoms with Crippen molar-refractivity contribution >= 4 is 0 Å². The molecule has 0 nitrogen and oxygen atoms in total. The Morgan fingerprint density at radius 2 is 1.47 bits per heavy atom. The Bertz CT molecular complexity index is 138. The molecule has 0 aromatic carbocycles. The molecular formula is C15H30. The third-order valence-corrected chi connectivity index (χ3v) is 4.46. The maximum Gasteiger partial charge on any atom is -0.0386 e. The van der Waals surface area contributed by atoms with Crippen molar-refractivity contribution in [1.29, 1.82) is 0 Å². The highest BCUT2D eigenvalue weighted by Crippen LogP contribution is 2.37. The van der Waals surface area contributed by atoms with Crippen LogP contribution in [0.15, 0.2) is 0 Å². The van der Waals surface area contributed by atoms with Crippen molar-refractivity contribution in [2.45, 2.75) is 78.6 Å². The Labute approximate surface area is 96.8 Å². The highest BCUT2D eigenvalue weighted by molar-refractivity contribution is 4.76. The molecule has 1 aliphatic carbocycles. The second kappa shape index (κ2) is 7.30. The van der Waals surface area contributed by atoms with Gasteiger partial charge in [-0.15, -0.1) is 0 Å². The van der Waals surface area contributed by atoms with Crippen molar-refractivity contribution < 1.29 is 0 Å². The fourth-order valence-corrected chi connectivity index (χ4v) is 3.46. The fraction of sp³-hybridized carbons (Fsp3) is 1.00. The van der Waals surface area contributed by atoms with Gasteiger partial charge in [0.1, 0.15) is 0 Å². The first-order valence-corrected chi connectivity index (χ1v) is 7.29. The number of hydrogen-bond acceptors (Lipinski definition) is 0. The Morgan fingerprint density at radius 3 is 1.93 bits per heavy atom. The summed E-state index contributed by atoms with van der Waals surface area (Å²) in [6, 6.07) is 0. The van der Waals surface area contributed by atoms with Gasteiger partial charge in [0.05, 0.1) is 0 Å².